The molecule has 3 fully saturated rings. The molecule has 25 heavy (non-hydrogen) atoms. The van der Waals surface area contributed by atoms with Crippen LogP contribution in [-0.2, 0) is 14.6 Å². The Morgan fingerprint density at radius 2 is 2.04 bits per heavy atom. The Bertz CT molecular complexity index is 736. The molecule has 1 N–H and O–H groups in total. The van der Waals surface area contributed by atoms with Crippen LogP contribution in [0.15, 0.2) is 18.6 Å². The highest BCUT2D eigenvalue weighted by Gasteiger charge is 2.53. The number of sulfone groups is 1. The molecule has 0 spiro atoms. The second-order valence-corrected chi connectivity index (χ2v) is 9.26. The van der Waals surface area contributed by atoms with Crippen molar-refractivity contribution in [2.24, 2.45) is 5.92 Å². The summed E-state index contributed by atoms with van der Waals surface area (Å²) < 4.78 is 30.5. The fourth-order valence-electron chi connectivity index (χ4n) is 4.25. The van der Waals surface area contributed by atoms with E-state index in [-0.39, 0.29) is 34.6 Å². The van der Waals surface area contributed by atoms with Crippen molar-refractivity contribution in [3.8, 4) is 0 Å². The van der Waals surface area contributed by atoms with E-state index >= 15 is 0 Å². The van der Waals surface area contributed by atoms with Crippen LogP contribution < -0.4 is 5.32 Å². The molecule has 3 aliphatic heterocycles. The van der Waals surface area contributed by atoms with E-state index in [9.17, 15) is 13.2 Å². The Kier molecular flexibility index (Phi) is 4.47. The van der Waals surface area contributed by atoms with Gasteiger partial charge >= 0.3 is 0 Å². The summed E-state index contributed by atoms with van der Waals surface area (Å²) in [5.41, 5.74) is 0.211. The maximum Gasteiger partial charge on any atom is 0.271 e. The van der Waals surface area contributed by atoms with Gasteiger partial charge in [0.2, 0.25) is 0 Å². The molecule has 1 aromatic heterocycles. The Labute approximate surface area is 146 Å². The molecule has 1 aromatic rings. The van der Waals surface area contributed by atoms with Crippen LogP contribution in [0.1, 0.15) is 23.3 Å². The van der Waals surface area contributed by atoms with Gasteiger partial charge in [-0.3, -0.25) is 14.7 Å². The van der Waals surface area contributed by atoms with Gasteiger partial charge in [-0.2, -0.15) is 0 Å². The van der Waals surface area contributed by atoms with Crippen molar-refractivity contribution in [2.45, 2.75) is 30.2 Å². The maximum atomic E-state index is 12.6. The summed E-state index contributed by atoms with van der Waals surface area (Å²) in [5.74, 6) is -0.414. The first-order valence-electron chi connectivity index (χ1n) is 8.65. The number of fused-ring (bicyclic) bond motifs is 1. The van der Waals surface area contributed by atoms with Crippen LogP contribution in [0.25, 0.3) is 0 Å². The molecule has 1 amide bonds. The summed E-state index contributed by atoms with van der Waals surface area (Å²) in [5, 5.41) is 2.49. The zero-order valence-corrected chi connectivity index (χ0v) is 14.7. The van der Waals surface area contributed by atoms with Crippen LogP contribution >= 0.6 is 0 Å². The van der Waals surface area contributed by atoms with Crippen LogP contribution in [0.4, 0.5) is 0 Å². The molecule has 0 aromatic carbocycles. The van der Waals surface area contributed by atoms with E-state index in [1.54, 1.807) is 0 Å². The van der Waals surface area contributed by atoms with Crippen LogP contribution in [-0.4, -0.2) is 78.6 Å². The monoisotopic (exact) mass is 366 g/mol. The van der Waals surface area contributed by atoms with Gasteiger partial charge in [0.05, 0.1) is 17.2 Å². The summed E-state index contributed by atoms with van der Waals surface area (Å²) in [6, 6.07) is 0.0141. The molecule has 3 aliphatic rings. The van der Waals surface area contributed by atoms with Crippen molar-refractivity contribution >= 4 is 15.7 Å². The zero-order chi connectivity index (χ0) is 17.4. The highest BCUT2D eigenvalue weighted by molar-refractivity contribution is 7.92. The van der Waals surface area contributed by atoms with Crippen molar-refractivity contribution in [3.05, 3.63) is 24.3 Å². The summed E-state index contributed by atoms with van der Waals surface area (Å²) in [4.78, 5) is 22.5. The van der Waals surface area contributed by atoms with Crippen LogP contribution in [0.5, 0.6) is 0 Å². The topological polar surface area (TPSA) is 101 Å². The number of carbonyl (C=O) groups excluding carboxylic acids is 1. The summed E-state index contributed by atoms with van der Waals surface area (Å²) in [7, 11) is -3.20. The lowest BCUT2D eigenvalue weighted by atomic mass is 10.00. The van der Waals surface area contributed by atoms with E-state index in [1.807, 2.05) is 0 Å². The van der Waals surface area contributed by atoms with Crippen LogP contribution in [0.3, 0.4) is 0 Å². The molecule has 0 unspecified atom stereocenters. The van der Waals surface area contributed by atoms with Gasteiger partial charge in [-0.15, -0.1) is 0 Å². The highest BCUT2D eigenvalue weighted by atomic mass is 32.2. The van der Waals surface area contributed by atoms with Crippen LogP contribution in [0, 0.1) is 5.92 Å². The van der Waals surface area contributed by atoms with E-state index in [2.05, 4.69) is 20.2 Å². The van der Waals surface area contributed by atoms with Crippen molar-refractivity contribution < 1.29 is 17.9 Å². The minimum Gasteiger partial charge on any atom is -0.381 e. The molecule has 0 radical (unpaired) electrons. The molecule has 3 saturated heterocycles. The average molecular weight is 366 g/mol. The predicted octanol–water partition coefficient (Wildman–Crippen LogP) is -0.517. The van der Waals surface area contributed by atoms with Gasteiger partial charge in [-0.25, -0.2) is 13.4 Å². The Hall–Kier alpha value is -1.58. The third kappa shape index (κ3) is 3.28. The molecule has 8 nitrogen and oxygen atoms in total. The fraction of sp³-hybridized carbons (Fsp3) is 0.688. The van der Waals surface area contributed by atoms with Gasteiger partial charge in [0, 0.05) is 56.7 Å². The van der Waals surface area contributed by atoms with E-state index in [1.165, 1.54) is 18.6 Å². The quantitative estimate of drug-likeness (QED) is 0.768. The summed E-state index contributed by atoms with van der Waals surface area (Å²) in [6.07, 6.45) is 6.21. The third-order valence-electron chi connectivity index (χ3n) is 5.55. The van der Waals surface area contributed by atoms with Crippen LogP contribution in [0.2, 0.25) is 0 Å². The molecule has 0 aliphatic carbocycles. The van der Waals surface area contributed by atoms with Gasteiger partial charge in [-0.1, -0.05) is 0 Å². The average Bonchev–Trinajstić information content (AvgIpc) is 3.17. The minimum atomic E-state index is -3.20. The Balaban J connectivity index is 1.48. The lowest BCUT2D eigenvalue weighted by Gasteiger charge is -2.32. The molecule has 0 bridgehead atoms. The molecule has 136 valence electrons. The van der Waals surface area contributed by atoms with E-state index in [0.717, 1.165) is 26.1 Å². The minimum absolute atomic E-state index is 0.00987. The maximum absolute atomic E-state index is 12.6. The molecule has 4 heterocycles. The van der Waals surface area contributed by atoms with Crippen molar-refractivity contribution in [3.63, 3.8) is 0 Å². The van der Waals surface area contributed by atoms with Crippen molar-refractivity contribution in [1.29, 1.82) is 0 Å². The van der Waals surface area contributed by atoms with E-state index < -0.39 is 9.84 Å². The number of rotatable bonds is 3. The number of aromatic nitrogens is 2. The van der Waals surface area contributed by atoms with Gasteiger partial charge in [0.1, 0.15) is 5.69 Å². The number of nitrogens with zero attached hydrogens (tertiary/aromatic N) is 3. The number of nitrogens with one attached hydrogen (secondary N) is 1. The van der Waals surface area contributed by atoms with Gasteiger partial charge in [0.15, 0.2) is 9.84 Å². The lowest BCUT2D eigenvalue weighted by molar-refractivity contribution is 0.0406. The largest absolute Gasteiger partial charge is 0.381 e. The predicted molar refractivity (Wildman–Crippen MR) is 89.8 cm³/mol. The first-order valence-corrected chi connectivity index (χ1v) is 10.4. The SMILES string of the molecule is O=C(N[C@@H]1CS(=O)(=O)[C@H]2CN(C3CCOCC3)C[C@@H]12)c1cnccn1. The molecule has 9 heteroatoms. The Morgan fingerprint density at radius 3 is 2.76 bits per heavy atom. The molecular weight excluding hydrogens is 344 g/mol. The first kappa shape index (κ1) is 16.9. The number of hydrogen-bond acceptors (Lipinski definition) is 7. The standard InChI is InChI=1S/C16H22N4O4S/c21-16(13-7-17-3-4-18-13)19-14-10-25(22,23)15-9-20(8-12(14)15)11-1-5-24-6-2-11/h3-4,7,11-12,14-15H,1-2,5-6,8-10H2,(H,19,21)/t12-,14+,15-/m0/s1. The number of likely N-dealkylation sites (tertiary alicyclic amines) is 1. The van der Waals surface area contributed by atoms with Crippen molar-refractivity contribution in [2.75, 3.05) is 32.1 Å². The van der Waals surface area contributed by atoms with Gasteiger partial charge in [0.25, 0.3) is 5.91 Å². The number of amides is 1. The first-order chi connectivity index (χ1) is 12.0. The number of ether oxygens (including phenoxy) is 1. The molecular formula is C16H22N4O4S. The smallest absolute Gasteiger partial charge is 0.271 e. The number of carbonyl (C=O) groups is 1. The number of hydrogen-bond donors (Lipinski definition) is 1. The van der Waals surface area contributed by atoms with E-state index in [4.69, 9.17) is 4.74 Å². The second-order valence-electron chi connectivity index (χ2n) is 7.00. The molecule has 0 saturated carbocycles. The lowest BCUT2D eigenvalue weighted by Crippen LogP contribution is -2.44. The van der Waals surface area contributed by atoms with Gasteiger partial charge < -0.3 is 10.1 Å². The van der Waals surface area contributed by atoms with Crippen molar-refractivity contribution in [1.82, 2.24) is 20.2 Å². The molecule has 3 atom stereocenters. The highest BCUT2D eigenvalue weighted by Crippen LogP contribution is 2.36. The zero-order valence-electron chi connectivity index (χ0n) is 13.9. The summed E-state index contributed by atoms with van der Waals surface area (Å²) in [6.45, 7) is 2.74. The fourth-order valence-corrected chi connectivity index (χ4v) is 6.55. The van der Waals surface area contributed by atoms with E-state index in [0.29, 0.717) is 19.1 Å². The van der Waals surface area contributed by atoms with Gasteiger partial charge in [-0.05, 0) is 12.8 Å². The Morgan fingerprint density at radius 1 is 1.24 bits per heavy atom. The molecule has 4 rings (SSSR count). The second kappa shape index (κ2) is 6.62. The summed E-state index contributed by atoms with van der Waals surface area (Å²) >= 11 is 0. The third-order valence-corrected chi connectivity index (χ3v) is 7.79. The normalized spacial score (nSPS) is 32.4.